The van der Waals surface area contributed by atoms with Crippen LogP contribution in [0.3, 0.4) is 0 Å². The molecular formula is C13H15N3O3. The van der Waals surface area contributed by atoms with Gasteiger partial charge in [0, 0.05) is 11.1 Å². The van der Waals surface area contributed by atoms with Crippen molar-refractivity contribution in [2.24, 2.45) is 0 Å². The Morgan fingerprint density at radius 3 is 2.68 bits per heavy atom. The van der Waals surface area contributed by atoms with Gasteiger partial charge in [-0.2, -0.15) is 0 Å². The van der Waals surface area contributed by atoms with E-state index in [1.165, 1.54) is 7.11 Å². The molecule has 0 spiro atoms. The lowest BCUT2D eigenvalue weighted by Crippen LogP contribution is -2.12. The van der Waals surface area contributed by atoms with E-state index in [1.807, 2.05) is 6.92 Å². The molecule has 0 saturated heterocycles. The Morgan fingerprint density at radius 1 is 1.42 bits per heavy atom. The second-order valence-corrected chi connectivity index (χ2v) is 4.13. The number of aromatic nitrogens is 1. The Bertz CT molecular complexity index is 620. The van der Waals surface area contributed by atoms with Crippen LogP contribution in [-0.2, 0) is 0 Å². The van der Waals surface area contributed by atoms with E-state index in [4.69, 9.17) is 15.0 Å². The number of ether oxygens (including phenoxy) is 1. The fourth-order valence-corrected chi connectivity index (χ4v) is 1.58. The number of nitrogens with two attached hydrogens (primary N) is 1. The topological polar surface area (TPSA) is 90.4 Å². The van der Waals surface area contributed by atoms with Crippen LogP contribution in [0.25, 0.3) is 0 Å². The molecule has 1 heterocycles. The second kappa shape index (κ2) is 5.01. The molecule has 0 aliphatic heterocycles. The second-order valence-electron chi connectivity index (χ2n) is 4.13. The Morgan fingerprint density at radius 2 is 2.16 bits per heavy atom. The number of hydrogen-bond donors (Lipinski definition) is 2. The summed E-state index contributed by atoms with van der Waals surface area (Å²) in [7, 11) is 1.52. The van der Waals surface area contributed by atoms with Gasteiger partial charge in [0.25, 0.3) is 5.91 Å². The lowest BCUT2D eigenvalue weighted by atomic mass is 10.1. The predicted octanol–water partition coefficient (Wildman–Crippen LogP) is 2.13. The van der Waals surface area contributed by atoms with Crippen LogP contribution >= 0.6 is 0 Å². The summed E-state index contributed by atoms with van der Waals surface area (Å²) in [6.45, 7) is 3.63. The SMILES string of the molecule is COc1ccc(C(=O)Nc2onc(C)c2C)cc1N. The molecular weight excluding hydrogens is 246 g/mol. The van der Waals surface area contributed by atoms with Crippen molar-refractivity contribution >= 4 is 17.5 Å². The zero-order valence-electron chi connectivity index (χ0n) is 11.0. The number of carbonyl (C=O) groups is 1. The molecule has 1 aromatic carbocycles. The van der Waals surface area contributed by atoms with Crippen LogP contribution in [0, 0.1) is 13.8 Å². The summed E-state index contributed by atoms with van der Waals surface area (Å²) in [5.74, 6) is 0.564. The summed E-state index contributed by atoms with van der Waals surface area (Å²) in [4.78, 5) is 12.0. The Kier molecular flexibility index (Phi) is 3.41. The standard InChI is InChI=1S/C13H15N3O3/c1-7-8(2)16-19-13(7)15-12(17)9-4-5-11(18-3)10(14)6-9/h4-6H,14H2,1-3H3,(H,15,17). The summed E-state index contributed by atoms with van der Waals surface area (Å²) in [5, 5.41) is 6.42. The Balaban J connectivity index is 2.21. The molecule has 0 radical (unpaired) electrons. The molecule has 0 unspecified atom stereocenters. The molecule has 100 valence electrons. The molecule has 2 aromatic rings. The number of nitrogens with zero attached hydrogens (tertiary/aromatic N) is 1. The quantitative estimate of drug-likeness (QED) is 0.826. The third kappa shape index (κ3) is 2.52. The number of amides is 1. The van der Waals surface area contributed by atoms with Crippen molar-refractivity contribution in [1.29, 1.82) is 0 Å². The van der Waals surface area contributed by atoms with E-state index < -0.39 is 0 Å². The number of nitrogens with one attached hydrogen (secondary N) is 1. The average Bonchev–Trinajstić information content (AvgIpc) is 2.70. The van der Waals surface area contributed by atoms with Gasteiger partial charge in [0.1, 0.15) is 5.75 Å². The van der Waals surface area contributed by atoms with Crippen molar-refractivity contribution in [3.05, 3.63) is 35.0 Å². The first-order valence-electron chi connectivity index (χ1n) is 5.70. The van der Waals surface area contributed by atoms with Crippen molar-refractivity contribution < 1.29 is 14.1 Å². The smallest absolute Gasteiger partial charge is 0.258 e. The normalized spacial score (nSPS) is 10.3. The number of carbonyl (C=O) groups excluding carboxylic acids is 1. The van der Waals surface area contributed by atoms with E-state index in [2.05, 4.69) is 10.5 Å². The van der Waals surface area contributed by atoms with Crippen LogP contribution in [0.1, 0.15) is 21.6 Å². The highest BCUT2D eigenvalue weighted by Crippen LogP contribution is 2.23. The summed E-state index contributed by atoms with van der Waals surface area (Å²) < 4.78 is 10.1. The summed E-state index contributed by atoms with van der Waals surface area (Å²) in [6, 6.07) is 4.82. The fourth-order valence-electron chi connectivity index (χ4n) is 1.58. The molecule has 6 heteroatoms. The van der Waals surface area contributed by atoms with Gasteiger partial charge in [-0.25, -0.2) is 0 Å². The van der Waals surface area contributed by atoms with Crippen LogP contribution < -0.4 is 15.8 Å². The molecule has 0 aliphatic rings. The number of aryl methyl sites for hydroxylation is 1. The minimum Gasteiger partial charge on any atom is -0.495 e. The first kappa shape index (κ1) is 12.9. The number of nitrogen functional groups attached to an aromatic ring is 1. The third-order valence-corrected chi connectivity index (χ3v) is 2.88. The maximum Gasteiger partial charge on any atom is 0.258 e. The van der Waals surface area contributed by atoms with Crippen LogP contribution in [0.2, 0.25) is 0 Å². The summed E-state index contributed by atoms with van der Waals surface area (Å²) >= 11 is 0. The molecule has 0 bridgehead atoms. The number of hydrogen-bond acceptors (Lipinski definition) is 5. The molecule has 0 atom stereocenters. The molecule has 19 heavy (non-hydrogen) atoms. The molecule has 1 amide bonds. The van der Waals surface area contributed by atoms with E-state index in [-0.39, 0.29) is 5.91 Å². The van der Waals surface area contributed by atoms with E-state index in [9.17, 15) is 4.79 Å². The number of rotatable bonds is 3. The highest BCUT2D eigenvalue weighted by atomic mass is 16.5. The van der Waals surface area contributed by atoms with Crippen molar-refractivity contribution in [1.82, 2.24) is 5.16 Å². The largest absolute Gasteiger partial charge is 0.495 e. The molecule has 3 N–H and O–H groups in total. The lowest BCUT2D eigenvalue weighted by Gasteiger charge is -2.07. The van der Waals surface area contributed by atoms with Gasteiger partial charge in [0.05, 0.1) is 18.5 Å². The Labute approximate surface area is 110 Å². The van der Waals surface area contributed by atoms with Gasteiger partial charge < -0.3 is 15.0 Å². The van der Waals surface area contributed by atoms with Crippen LogP contribution in [0.4, 0.5) is 11.6 Å². The zero-order valence-corrected chi connectivity index (χ0v) is 11.0. The predicted molar refractivity (Wildman–Crippen MR) is 71.3 cm³/mol. The average molecular weight is 261 g/mol. The lowest BCUT2D eigenvalue weighted by molar-refractivity contribution is 0.102. The summed E-state index contributed by atoms with van der Waals surface area (Å²) in [6.07, 6.45) is 0. The zero-order chi connectivity index (χ0) is 14.0. The van der Waals surface area contributed by atoms with Gasteiger partial charge in [-0.05, 0) is 32.0 Å². The van der Waals surface area contributed by atoms with Crippen LogP contribution in [0.15, 0.2) is 22.7 Å². The molecule has 6 nitrogen and oxygen atoms in total. The van der Waals surface area contributed by atoms with Gasteiger partial charge in [0.15, 0.2) is 0 Å². The van der Waals surface area contributed by atoms with Gasteiger partial charge in [-0.1, -0.05) is 5.16 Å². The maximum absolute atomic E-state index is 12.0. The van der Waals surface area contributed by atoms with E-state index in [0.717, 1.165) is 11.3 Å². The molecule has 0 fully saturated rings. The van der Waals surface area contributed by atoms with E-state index >= 15 is 0 Å². The number of methoxy groups -OCH3 is 1. The van der Waals surface area contributed by atoms with Gasteiger partial charge in [-0.15, -0.1) is 0 Å². The van der Waals surface area contributed by atoms with Gasteiger partial charge >= 0.3 is 0 Å². The molecule has 0 aliphatic carbocycles. The monoisotopic (exact) mass is 261 g/mol. The Hall–Kier alpha value is -2.50. The highest BCUT2D eigenvalue weighted by molar-refractivity contribution is 6.04. The van der Waals surface area contributed by atoms with E-state index in [1.54, 1.807) is 25.1 Å². The van der Waals surface area contributed by atoms with Crippen molar-refractivity contribution in [3.8, 4) is 5.75 Å². The maximum atomic E-state index is 12.0. The van der Waals surface area contributed by atoms with Crippen LogP contribution in [0.5, 0.6) is 5.75 Å². The van der Waals surface area contributed by atoms with Crippen molar-refractivity contribution in [2.75, 3.05) is 18.2 Å². The highest BCUT2D eigenvalue weighted by Gasteiger charge is 2.14. The van der Waals surface area contributed by atoms with Crippen molar-refractivity contribution in [2.45, 2.75) is 13.8 Å². The molecule has 1 aromatic heterocycles. The van der Waals surface area contributed by atoms with Gasteiger partial charge in [0.2, 0.25) is 5.88 Å². The summed E-state index contributed by atoms with van der Waals surface area (Å²) in [5.41, 5.74) is 8.12. The van der Waals surface area contributed by atoms with Crippen molar-refractivity contribution in [3.63, 3.8) is 0 Å². The van der Waals surface area contributed by atoms with E-state index in [0.29, 0.717) is 22.9 Å². The fraction of sp³-hybridized carbons (Fsp3) is 0.231. The number of benzene rings is 1. The number of anilines is 2. The van der Waals surface area contributed by atoms with Crippen LogP contribution in [-0.4, -0.2) is 18.2 Å². The third-order valence-electron chi connectivity index (χ3n) is 2.88. The minimum absolute atomic E-state index is 0.311. The first-order chi connectivity index (χ1) is 9.02. The molecule has 2 rings (SSSR count). The first-order valence-corrected chi connectivity index (χ1v) is 5.70. The minimum atomic E-state index is -0.311. The van der Waals surface area contributed by atoms with Gasteiger partial charge in [-0.3, -0.25) is 10.1 Å². The molecule has 0 saturated carbocycles.